The van der Waals surface area contributed by atoms with Gasteiger partial charge in [-0.3, -0.25) is 0 Å². The predicted octanol–water partition coefficient (Wildman–Crippen LogP) is 4.59. The largest absolute Gasteiger partial charge is 0.465 e. The molecule has 31 heavy (non-hydrogen) atoms. The van der Waals surface area contributed by atoms with Crippen LogP contribution in [0.15, 0.2) is 65.6 Å². The molecule has 3 aromatic rings. The van der Waals surface area contributed by atoms with Crippen molar-refractivity contribution in [3.8, 4) is 11.1 Å². The monoisotopic (exact) mass is 437 g/mol. The second-order valence-corrected chi connectivity index (χ2v) is 9.38. The summed E-state index contributed by atoms with van der Waals surface area (Å²) in [6.45, 7) is 6.18. The molecule has 1 N–H and O–H groups in total. The molecule has 0 aromatic heterocycles. The number of methoxy groups -OCH3 is 1. The number of rotatable bonds is 7. The van der Waals surface area contributed by atoms with E-state index in [-0.39, 0.29) is 17.0 Å². The van der Waals surface area contributed by atoms with Crippen molar-refractivity contribution < 1.29 is 17.9 Å². The third-order valence-corrected chi connectivity index (χ3v) is 6.88. The van der Waals surface area contributed by atoms with Gasteiger partial charge in [-0.05, 0) is 72.7 Å². The van der Waals surface area contributed by atoms with Crippen LogP contribution in [0.5, 0.6) is 0 Å². The molecular formula is C25H27NO4S. The zero-order chi connectivity index (χ0) is 22.6. The highest BCUT2D eigenvalue weighted by molar-refractivity contribution is 7.89. The fourth-order valence-electron chi connectivity index (χ4n) is 3.30. The second kappa shape index (κ2) is 9.45. The van der Waals surface area contributed by atoms with Gasteiger partial charge in [-0.25, -0.2) is 17.9 Å². The molecule has 0 amide bonds. The van der Waals surface area contributed by atoms with E-state index in [4.69, 9.17) is 4.74 Å². The van der Waals surface area contributed by atoms with E-state index in [2.05, 4.69) is 48.9 Å². The predicted molar refractivity (Wildman–Crippen MR) is 123 cm³/mol. The molecule has 0 atom stereocenters. The highest BCUT2D eigenvalue weighted by atomic mass is 32.2. The molecule has 0 saturated heterocycles. The molecule has 0 aliphatic carbocycles. The lowest BCUT2D eigenvalue weighted by molar-refractivity contribution is 0.0599. The number of ether oxygens (including phenoxy) is 1. The Hall–Kier alpha value is -2.96. The number of sulfonamides is 1. The molecule has 0 bridgehead atoms. The molecule has 162 valence electrons. The van der Waals surface area contributed by atoms with E-state index in [1.165, 1.54) is 30.4 Å². The summed E-state index contributed by atoms with van der Waals surface area (Å²) < 4.78 is 32.6. The topological polar surface area (TPSA) is 72.5 Å². The van der Waals surface area contributed by atoms with E-state index < -0.39 is 16.0 Å². The fourth-order valence-corrected chi connectivity index (χ4v) is 4.35. The number of nitrogens with one attached hydrogen (secondary N) is 1. The quantitative estimate of drug-likeness (QED) is 0.549. The van der Waals surface area contributed by atoms with Gasteiger partial charge in [-0.15, -0.1) is 0 Å². The highest BCUT2D eigenvalue weighted by Gasteiger charge is 2.18. The Bertz CT molecular complexity index is 1200. The molecule has 0 saturated carbocycles. The van der Waals surface area contributed by atoms with Crippen molar-refractivity contribution in [2.75, 3.05) is 13.7 Å². The summed E-state index contributed by atoms with van der Waals surface area (Å²) in [5.74, 6) is -0.557. The minimum atomic E-state index is -3.73. The molecule has 0 fully saturated rings. The van der Waals surface area contributed by atoms with E-state index in [0.29, 0.717) is 12.0 Å². The van der Waals surface area contributed by atoms with E-state index in [9.17, 15) is 13.2 Å². The Labute approximate surface area is 184 Å². The lowest BCUT2D eigenvalue weighted by Gasteiger charge is -2.10. The summed E-state index contributed by atoms with van der Waals surface area (Å²) in [5, 5.41) is 0. The van der Waals surface area contributed by atoms with E-state index >= 15 is 0 Å². The van der Waals surface area contributed by atoms with Crippen LogP contribution >= 0.6 is 0 Å². The van der Waals surface area contributed by atoms with Gasteiger partial charge in [0.05, 0.1) is 17.6 Å². The highest BCUT2D eigenvalue weighted by Crippen LogP contribution is 2.23. The molecule has 0 aliphatic heterocycles. The van der Waals surface area contributed by atoms with Gasteiger partial charge in [0.15, 0.2) is 0 Å². The third-order valence-electron chi connectivity index (χ3n) is 5.42. The number of hydrogen-bond donors (Lipinski definition) is 1. The SMILES string of the molecule is COC(=O)c1cc(S(=O)(=O)NCCc2ccc(-c3ccc(C)c(C)c3)cc2)ccc1C. The number of aryl methyl sites for hydroxylation is 3. The Morgan fingerprint density at radius 1 is 0.839 bits per heavy atom. The smallest absolute Gasteiger partial charge is 0.338 e. The van der Waals surface area contributed by atoms with Gasteiger partial charge in [-0.1, -0.05) is 48.5 Å². The van der Waals surface area contributed by atoms with Gasteiger partial charge in [0.25, 0.3) is 0 Å². The number of hydrogen-bond acceptors (Lipinski definition) is 4. The average molecular weight is 438 g/mol. The first-order valence-corrected chi connectivity index (χ1v) is 11.5. The van der Waals surface area contributed by atoms with E-state index in [1.54, 1.807) is 13.0 Å². The van der Waals surface area contributed by atoms with Crippen molar-refractivity contribution in [2.45, 2.75) is 32.1 Å². The molecule has 0 unspecified atom stereocenters. The first-order chi connectivity index (χ1) is 14.7. The molecule has 0 heterocycles. The summed E-state index contributed by atoms with van der Waals surface area (Å²) in [5.41, 5.74) is 6.75. The zero-order valence-corrected chi connectivity index (χ0v) is 19.0. The zero-order valence-electron chi connectivity index (χ0n) is 18.2. The average Bonchev–Trinajstić information content (AvgIpc) is 2.75. The van der Waals surface area contributed by atoms with Crippen LogP contribution in [0.2, 0.25) is 0 Å². The molecular weight excluding hydrogens is 410 g/mol. The van der Waals surface area contributed by atoms with Crippen LogP contribution in [0.4, 0.5) is 0 Å². The molecule has 0 aliphatic rings. The Morgan fingerprint density at radius 3 is 2.13 bits per heavy atom. The van der Waals surface area contributed by atoms with Gasteiger partial charge in [0.2, 0.25) is 10.0 Å². The molecule has 0 spiro atoms. The van der Waals surface area contributed by atoms with Crippen molar-refractivity contribution in [1.29, 1.82) is 0 Å². The minimum absolute atomic E-state index is 0.0450. The lowest BCUT2D eigenvalue weighted by Crippen LogP contribution is -2.26. The van der Waals surface area contributed by atoms with Crippen LogP contribution in [0.3, 0.4) is 0 Å². The van der Waals surface area contributed by atoms with Gasteiger partial charge < -0.3 is 4.74 Å². The number of carbonyl (C=O) groups excluding carboxylic acids is 1. The van der Waals surface area contributed by atoms with Crippen LogP contribution in [-0.4, -0.2) is 28.0 Å². The molecule has 3 rings (SSSR count). The van der Waals surface area contributed by atoms with E-state index in [1.807, 2.05) is 12.1 Å². The Morgan fingerprint density at radius 2 is 1.48 bits per heavy atom. The summed E-state index contributed by atoms with van der Waals surface area (Å²) in [4.78, 5) is 11.9. The fraction of sp³-hybridized carbons (Fsp3) is 0.240. The first kappa shape index (κ1) is 22.7. The number of esters is 1. The maximum Gasteiger partial charge on any atom is 0.338 e. The summed E-state index contributed by atoms with van der Waals surface area (Å²) in [6, 6.07) is 19.0. The normalized spacial score (nSPS) is 11.4. The van der Waals surface area contributed by atoms with Crippen molar-refractivity contribution in [3.05, 3.63) is 88.5 Å². The molecule has 3 aromatic carbocycles. The van der Waals surface area contributed by atoms with Crippen molar-refractivity contribution >= 4 is 16.0 Å². The van der Waals surface area contributed by atoms with Crippen LogP contribution in [0, 0.1) is 20.8 Å². The molecule has 0 radical (unpaired) electrons. The maximum absolute atomic E-state index is 12.6. The van der Waals surface area contributed by atoms with Crippen molar-refractivity contribution in [3.63, 3.8) is 0 Å². The van der Waals surface area contributed by atoms with Crippen LogP contribution in [0.25, 0.3) is 11.1 Å². The maximum atomic E-state index is 12.6. The molecule has 5 nitrogen and oxygen atoms in total. The molecule has 6 heteroatoms. The van der Waals surface area contributed by atoms with Gasteiger partial charge in [-0.2, -0.15) is 0 Å². The standard InChI is InChI=1S/C25H27NO4S/c1-17-5-9-22(15-19(17)3)21-10-7-20(8-11-21)13-14-26-31(28,29)23-12-6-18(2)24(16-23)25(27)30-4/h5-12,15-16,26H,13-14H2,1-4H3. The van der Waals surface area contributed by atoms with Gasteiger partial charge >= 0.3 is 5.97 Å². The van der Waals surface area contributed by atoms with Crippen molar-refractivity contribution in [2.24, 2.45) is 0 Å². The first-order valence-electron chi connectivity index (χ1n) is 10.1. The van der Waals surface area contributed by atoms with Gasteiger partial charge in [0, 0.05) is 6.54 Å². The van der Waals surface area contributed by atoms with Crippen LogP contribution < -0.4 is 4.72 Å². The number of carbonyl (C=O) groups is 1. The second-order valence-electron chi connectivity index (χ2n) is 7.61. The Balaban J connectivity index is 1.65. The van der Waals surface area contributed by atoms with Gasteiger partial charge in [0.1, 0.15) is 0 Å². The van der Waals surface area contributed by atoms with Crippen LogP contribution in [-0.2, 0) is 21.2 Å². The minimum Gasteiger partial charge on any atom is -0.465 e. The lowest BCUT2D eigenvalue weighted by atomic mass is 9.99. The van der Waals surface area contributed by atoms with E-state index in [0.717, 1.165) is 16.7 Å². The number of benzene rings is 3. The van der Waals surface area contributed by atoms with Crippen molar-refractivity contribution in [1.82, 2.24) is 4.72 Å². The Kier molecular flexibility index (Phi) is 6.93. The summed E-state index contributed by atoms with van der Waals surface area (Å²) in [7, 11) is -2.46. The van der Waals surface area contributed by atoms with Crippen LogP contribution in [0.1, 0.15) is 32.6 Å². The summed E-state index contributed by atoms with van der Waals surface area (Å²) >= 11 is 0. The third kappa shape index (κ3) is 5.40. The summed E-state index contributed by atoms with van der Waals surface area (Å²) in [6.07, 6.45) is 0.558.